The Bertz CT molecular complexity index is 534. The van der Waals surface area contributed by atoms with Gasteiger partial charge in [-0.2, -0.15) is 16.3 Å². The third-order valence-corrected chi connectivity index (χ3v) is 3.27. The summed E-state index contributed by atoms with van der Waals surface area (Å²) in [6.07, 6.45) is 0.759. The molecule has 2 aromatic rings. The third-order valence-electron chi connectivity index (χ3n) is 2.59. The predicted octanol–water partition coefficient (Wildman–Crippen LogP) is 2.60. The SMILES string of the molecule is CC(C)Cc1nc(CN(C)C(=O)c2ccsc2)no1. The molecule has 1 amide bonds. The molecule has 19 heavy (non-hydrogen) atoms. The number of rotatable bonds is 5. The van der Waals surface area contributed by atoms with Gasteiger partial charge in [0.1, 0.15) is 0 Å². The molecule has 2 heterocycles. The standard InChI is InChI=1S/C13H17N3O2S/c1-9(2)6-12-14-11(15-18-12)7-16(3)13(17)10-4-5-19-8-10/h4-5,8-9H,6-7H2,1-3H3. The predicted molar refractivity (Wildman–Crippen MR) is 73.0 cm³/mol. The lowest BCUT2D eigenvalue weighted by Gasteiger charge is -2.13. The van der Waals surface area contributed by atoms with Crippen molar-refractivity contribution in [3.05, 3.63) is 34.1 Å². The number of nitrogens with zero attached hydrogens (tertiary/aromatic N) is 3. The highest BCUT2D eigenvalue weighted by Gasteiger charge is 2.15. The van der Waals surface area contributed by atoms with E-state index >= 15 is 0 Å². The summed E-state index contributed by atoms with van der Waals surface area (Å²) in [4.78, 5) is 17.9. The molecule has 0 aromatic carbocycles. The Labute approximate surface area is 116 Å². The first-order valence-electron chi connectivity index (χ1n) is 6.15. The molecular formula is C13H17N3O2S. The molecule has 5 nitrogen and oxygen atoms in total. The quantitative estimate of drug-likeness (QED) is 0.844. The molecule has 0 aliphatic carbocycles. The lowest BCUT2D eigenvalue weighted by atomic mass is 10.1. The Morgan fingerprint density at radius 1 is 1.53 bits per heavy atom. The zero-order valence-electron chi connectivity index (χ0n) is 11.3. The first kappa shape index (κ1) is 13.7. The molecule has 0 saturated carbocycles. The molecule has 2 aromatic heterocycles. The lowest BCUT2D eigenvalue weighted by Crippen LogP contribution is -2.26. The number of hydrogen-bond donors (Lipinski definition) is 0. The van der Waals surface area contributed by atoms with Crippen LogP contribution in [0.3, 0.4) is 0 Å². The maximum Gasteiger partial charge on any atom is 0.254 e. The average Bonchev–Trinajstić information content (AvgIpc) is 2.98. The molecule has 0 unspecified atom stereocenters. The van der Waals surface area contributed by atoms with Crippen LogP contribution in [-0.2, 0) is 13.0 Å². The molecule has 0 aliphatic heterocycles. The van der Waals surface area contributed by atoms with E-state index in [9.17, 15) is 4.79 Å². The normalized spacial score (nSPS) is 10.9. The highest BCUT2D eigenvalue weighted by atomic mass is 32.1. The van der Waals surface area contributed by atoms with E-state index in [1.165, 1.54) is 11.3 Å². The fourth-order valence-electron chi connectivity index (χ4n) is 1.68. The first-order chi connectivity index (χ1) is 9.06. The van der Waals surface area contributed by atoms with Crippen LogP contribution in [0.5, 0.6) is 0 Å². The van der Waals surface area contributed by atoms with Crippen LogP contribution in [-0.4, -0.2) is 28.0 Å². The molecule has 102 valence electrons. The molecule has 0 radical (unpaired) electrons. The van der Waals surface area contributed by atoms with E-state index in [-0.39, 0.29) is 5.91 Å². The minimum atomic E-state index is -0.0311. The van der Waals surface area contributed by atoms with E-state index in [0.717, 1.165) is 6.42 Å². The zero-order chi connectivity index (χ0) is 13.8. The van der Waals surface area contributed by atoms with Gasteiger partial charge >= 0.3 is 0 Å². The number of amides is 1. The second kappa shape index (κ2) is 5.97. The lowest BCUT2D eigenvalue weighted by molar-refractivity contribution is 0.0781. The van der Waals surface area contributed by atoms with E-state index < -0.39 is 0 Å². The van der Waals surface area contributed by atoms with Crippen molar-refractivity contribution in [2.75, 3.05) is 7.05 Å². The molecule has 0 fully saturated rings. The molecule has 0 bridgehead atoms. The Kier molecular flexibility index (Phi) is 4.31. The third kappa shape index (κ3) is 3.64. The van der Waals surface area contributed by atoms with Gasteiger partial charge in [0.25, 0.3) is 5.91 Å². The molecule has 0 spiro atoms. The summed E-state index contributed by atoms with van der Waals surface area (Å²) < 4.78 is 5.15. The van der Waals surface area contributed by atoms with Gasteiger partial charge in [-0.15, -0.1) is 0 Å². The molecule has 2 rings (SSSR count). The van der Waals surface area contributed by atoms with Gasteiger partial charge in [0.2, 0.25) is 5.89 Å². The number of carbonyl (C=O) groups is 1. The summed E-state index contributed by atoms with van der Waals surface area (Å²) in [5.74, 6) is 1.61. The van der Waals surface area contributed by atoms with Crippen molar-refractivity contribution in [1.29, 1.82) is 0 Å². The fourth-order valence-corrected chi connectivity index (χ4v) is 2.31. The monoisotopic (exact) mass is 279 g/mol. The topological polar surface area (TPSA) is 59.2 Å². The van der Waals surface area contributed by atoms with Crippen LogP contribution in [0.25, 0.3) is 0 Å². The molecule has 0 saturated heterocycles. The van der Waals surface area contributed by atoms with Gasteiger partial charge in [0.05, 0.1) is 12.1 Å². The van der Waals surface area contributed by atoms with Crippen LogP contribution >= 0.6 is 11.3 Å². The van der Waals surface area contributed by atoms with Crippen LogP contribution in [0.15, 0.2) is 21.3 Å². The van der Waals surface area contributed by atoms with E-state index in [4.69, 9.17) is 4.52 Å². The smallest absolute Gasteiger partial charge is 0.254 e. The highest BCUT2D eigenvalue weighted by molar-refractivity contribution is 7.08. The molecule has 0 atom stereocenters. The zero-order valence-corrected chi connectivity index (χ0v) is 12.1. The second-order valence-corrected chi connectivity index (χ2v) is 5.66. The van der Waals surface area contributed by atoms with Crippen LogP contribution in [0.4, 0.5) is 0 Å². The summed E-state index contributed by atoms with van der Waals surface area (Å²) in [6, 6.07) is 1.81. The number of hydrogen-bond acceptors (Lipinski definition) is 5. The average molecular weight is 279 g/mol. The Hall–Kier alpha value is -1.69. The molecular weight excluding hydrogens is 262 g/mol. The van der Waals surface area contributed by atoms with Crippen molar-refractivity contribution in [3.63, 3.8) is 0 Å². The minimum Gasteiger partial charge on any atom is -0.339 e. The summed E-state index contributed by atoms with van der Waals surface area (Å²) in [5.41, 5.74) is 0.693. The first-order valence-corrected chi connectivity index (χ1v) is 7.09. The van der Waals surface area contributed by atoms with Gasteiger partial charge < -0.3 is 9.42 Å². The van der Waals surface area contributed by atoms with Gasteiger partial charge in [-0.1, -0.05) is 19.0 Å². The Morgan fingerprint density at radius 2 is 2.32 bits per heavy atom. The molecule has 0 N–H and O–H groups in total. The Morgan fingerprint density at radius 3 is 2.95 bits per heavy atom. The largest absolute Gasteiger partial charge is 0.339 e. The Balaban J connectivity index is 1.97. The van der Waals surface area contributed by atoms with Gasteiger partial charge in [0.15, 0.2) is 5.82 Å². The van der Waals surface area contributed by atoms with E-state index in [1.807, 2.05) is 16.8 Å². The van der Waals surface area contributed by atoms with E-state index in [1.54, 1.807) is 11.9 Å². The van der Waals surface area contributed by atoms with Crippen molar-refractivity contribution < 1.29 is 9.32 Å². The second-order valence-electron chi connectivity index (χ2n) is 4.88. The number of thiophene rings is 1. The van der Waals surface area contributed by atoms with Crippen molar-refractivity contribution >= 4 is 17.2 Å². The van der Waals surface area contributed by atoms with Crippen molar-refractivity contribution in [2.24, 2.45) is 5.92 Å². The minimum absolute atomic E-state index is 0.0311. The van der Waals surface area contributed by atoms with E-state index in [0.29, 0.717) is 29.7 Å². The molecule has 6 heteroatoms. The van der Waals surface area contributed by atoms with E-state index in [2.05, 4.69) is 24.0 Å². The maximum atomic E-state index is 12.0. The molecule has 0 aliphatic rings. The van der Waals surface area contributed by atoms with Gasteiger partial charge in [-0.25, -0.2) is 0 Å². The summed E-state index contributed by atoms with van der Waals surface area (Å²) in [5, 5.41) is 7.61. The van der Waals surface area contributed by atoms with Gasteiger partial charge in [0, 0.05) is 18.8 Å². The number of aromatic nitrogens is 2. The van der Waals surface area contributed by atoms with Crippen molar-refractivity contribution in [2.45, 2.75) is 26.8 Å². The van der Waals surface area contributed by atoms with Gasteiger partial charge in [-0.05, 0) is 17.4 Å². The van der Waals surface area contributed by atoms with Crippen molar-refractivity contribution in [1.82, 2.24) is 15.0 Å². The fraction of sp³-hybridized carbons (Fsp3) is 0.462. The van der Waals surface area contributed by atoms with Crippen LogP contribution in [0, 0.1) is 5.92 Å². The number of carbonyl (C=O) groups excluding carboxylic acids is 1. The maximum absolute atomic E-state index is 12.0. The summed E-state index contributed by atoms with van der Waals surface area (Å²) >= 11 is 1.51. The van der Waals surface area contributed by atoms with Crippen molar-refractivity contribution in [3.8, 4) is 0 Å². The van der Waals surface area contributed by atoms with Crippen LogP contribution < -0.4 is 0 Å². The highest BCUT2D eigenvalue weighted by Crippen LogP contribution is 2.11. The summed E-state index contributed by atoms with van der Waals surface area (Å²) in [6.45, 7) is 4.54. The van der Waals surface area contributed by atoms with Crippen LogP contribution in [0.1, 0.15) is 35.9 Å². The summed E-state index contributed by atoms with van der Waals surface area (Å²) in [7, 11) is 1.73. The van der Waals surface area contributed by atoms with Crippen LogP contribution in [0.2, 0.25) is 0 Å². The van der Waals surface area contributed by atoms with Gasteiger partial charge in [-0.3, -0.25) is 4.79 Å².